The van der Waals surface area contributed by atoms with Crippen molar-refractivity contribution in [1.82, 2.24) is 4.98 Å². The van der Waals surface area contributed by atoms with E-state index in [4.69, 9.17) is 5.11 Å². The average molecular weight is 356 g/mol. The Morgan fingerprint density at radius 1 is 1.38 bits per heavy atom. The standard InChI is InChI=1S/C12H7BrFN3O4/c13-7-2-1-6(14)5-9(7)16-11-10(17(20)21)4-3-8(15-11)12(18)19/h1-5H,(H,15,16)(H,18,19). The molecule has 0 fully saturated rings. The van der Waals surface area contributed by atoms with Crippen LogP contribution in [-0.2, 0) is 0 Å². The molecule has 0 aliphatic carbocycles. The highest BCUT2D eigenvalue weighted by atomic mass is 79.9. The second-order valence-electron chi connectivity index (χ2n) is 3.88. The van der Waals surface area contributed by atoms with Crippen molar-refractivity contribution in [3.8, 4) is 0 Å². The first-order chi connectivity index (χ1) is 9.88. The number of aromatic carboxylic acids is 1. The predicted molar refractivity (Wildman–Crippen MR) is 75.2 cm³/mol. The number of nitro groups is 1. The van der Waals surface area contributed by atoms with Crippen molar-refractivity contribution in [3.05, 3.63) is 56.4 Å². The summed E-state index contributed by atoms with van der Waals surface area (Å²) in [5.74, 6) is -2.17. The number of anilines is 2. The van der Waals surface area contributed by atoms with E-state index >= 15 is 0 Å². The second-order valence-corrected chi connectivity index (χ2v) is 4.73. The minimum absolute atomic E-state index is 0.188. The van der Waals surface area contributed by atoms with Crippen molar-refractivity contribution in [2.24, 2.45) is 0 Å². The average Bonchev–Trinajstić information content (AvgIpc) is 2.42. The lowest BCUT2D eigenvalue weighted by molar-refractivity contribution is -0.384. The number of carboxylic acid groups (broad SMARTS) is 1. The highest BCUT2D eigenvalue weighted by Crippen LogP contribution is 2.30. The van der Waals surface area contributed by atoms with Crippen LogP contribution in [0.4, 0.5) is 21.6 Å². The van der Waals surface area contributed by atoms with E-state index in [0.29, 0.717) is 4.47 Å². The molecule has 0 aliphatic heterocycles. The van der Waals surface area contributed by atoms with Gasteiger partial charge in [0.1, 0.15) is 5.82 Å². The van der Waals surface area contributed by atoms with Gasteiger partial charge in [-0.05, 0) is 40.2 Å². The molecule has 0 aliphatic rings. The van der Waals surface area contributed by atoms with Gasteiger partial charge in [-0.15, -0.1) is 0 Å². The lowest BCUT2D eigenvalue weighted by Gasteiger charge is -2.09. The Hall–Kier alpha value is -2.55. The van der Waals surface area contributed by atoms with Crippen LogP contribution >= 0.6 is 15.9 Å². The van der Waals surface area contributed by atoms with E-state index in [0.717, 1.165) is 18.2 Å². The summed E-state index contributed by atoms with van der Waals surface area (Å²) in [6.07, 6.45) is 0. The number of carboxylic acids is 1. The summed E-state index contributed by atoms with van der Waals surface area (Å²) in [6.45, 7) is 0. The van der Waals surface area contributed by atoms with Crippen LogP contribution < -0.4 is 5.32 Å². The molecule has 7 nitrogen and oxygen atoms in total. The Labute approximate surface area is 125 Å². The number of hydrogen-bond acceptors (Lipinski definition) is 5. The van der Waals surface area contributed by atoms with Crippen molar-refractivity contribution < 1.29 is 19.2 Å². The van der Waals surface area contributed by atoms with E-state index in [1.807, 2.05) is 0 Å². The molecule has 1 aromatic heterocycles. The Morgan fingerprint density at radius 3 is 2.71 bits per heavy atom. The van der Waals surface area contributed by atoms with Crippen LogP contribution in [0, 0.1) is 15.9 Å². The normalized spacial score (nSPS) is 10.2. The van der Waals surface area contributed by atoms with Crippen LogP contribution in [0.15, 0.2) is 34.8 Å². The van der Waals surface area contributed by atoms with Gasteiger partial charge in [-0.3, -0.25) is 10.1 Å². The van der Waals surface area contributed by atoms with E-state index in [1.54, 1.807) is 0 Å². The molecule has 0 bridgehead atoms. The lowest BCUT2D eigenvalue weighted by atomic mass is 10.3. The molecule has 0 atom stereocenters. The van der Waals surface area contributed by atoms with Crippen LogP contribution in [0.3, 0.4) is 0 Å². The van der Waals surface area contributed by atoms with Gasteiger partial charge < -0.3 is 10.4 Å². The van der Waals surface area contributed by atoms with Crippen molar-refractivity contribution in [3.63, 3.8) is 0 Å². The molecule has 0 amide bonds. The topological polar surface area (TPSA) is 105 Å². The molecule has 2 aromatic rings. The molecular weight excluding hydrogens is 349 g/mol. The molecule has 2 N–H and O–H groups in total. The van der Waals surface area contributed by atoms with Crippen molar-refractivity contribution >= 4 is 39.1 Å². The SMILES string of the molecule is O=C(O)c1ccc([N+](=O)[O-])c(Nc2cc(F)ccc2Br)n1. The molecule has 0 spiro atoms. The van der Waals surface area contributed by atoms with Gasteiger partial charge in [0.25, 0.3) is 0 Å². The number of aromatic nitrogens is 1. The van der Waals surface area contributed by atoms with Crippen LogP contribution in [0.2, 0.25) is 0 Å². The maximum Gasteiger partial charge on any atom is 0.354 e. The van der Waals surface area contributed by atoms with Gasteiger partial charge in [-0.25, -0.2) is 14.2 Å². The smallest absolute Gasteiger partial charge is 0.354 e. The first-order valence-electron chi connectivity index (χ1n) is 5.49. The molecular formula is C12H7BrFN3O4. The summed E-state index contributed by atoms with van der Waals surface area (Å²) in [6, 6.07) is 5.75. The number of nitrogens with one attached hydrogen (secondary N) is 1. The summed E-state index contributed by atoms with van der Waals surface area (Å²) in [5.41, 5.74) is -0.597. The number of nitrogens with zero attached hydrogens (tertiary/aromatic N) is 2. The molecule has 1 aromatic carbocycles. The zero-order valence-electron chi connectivity index (χ0n) is 10.2. The number of rotatable bonds is 4. The van der Waals surface area contributed by atoms with Gasteiger partial charge >= 0.3 is 11.7 Å². The van der Waals surface area contributed by atoms with E-state index in [2.05, 4.69) is 26.2 Å². The summed E-state index contributed by atoms with van der Waals surface area (Å²) in [4.78, 5) is 24.8. The van der Waals surface area contributed by atoms with Crippen LogP contribution in [0.5, 0.6) is 0 Å². The van der Waals surface area contributed by atoms with Crippen molar-refractivity contribution in [2.75, 3.05) is 5.32 Å². The van der Waals surface area contributed by atoms with Crippen LogP contribution in [0.25, 0.3) is 0 Å². The maximum absolute atomic E-state index is 13.2. The number of halogens is 2. The number of carbonyl (C=O) groups is 1. The molecule has 108 valence electrons. The molecule has 0 unspecified atom stereocenters. The quantitative estimate of drug-likeness (QED) is 0.643. The van der Waals surface area contributed by atoms with E-state index in [-0.39, 0.29) is 17.2 Å². The zero-order chi connectivity index (χ0) is 15.6. The third-order valence-corrected chi connectivity index (χ3v) is 3.16. The van der Waals surface area contributed by atoms with E-state index in [1.165, 1.54) is 12.1 Å². The van der Waals surface area contributed by atoms with Gasteiger partial charge in [0.05, 0.1) is 10.6 Å². The number of hydrogen-bond donors (Lipinski definition) is 2. The molecule has 0 saturated heterocycles. The second kappa shape index (κ2) is 5.83. The van der Waals surface area contributed by atoms with Gasteiger partial charge in [-0.2, -0.15) is 0 Å². The third-order valence-electron chi connectivity index (χ3n) is 2.47. The minimum atomic E-state index is -1.33. The first kappa shape index (κ1) is 14.9. The van der Waals surface area contributed by atoms with Crippen molar-refractivity contribution in [2.45, 2.75) is 0 Å². The number of pyridine rings is 1. The van der Waals surface area contributed by atoms with Gasteiger partial charge in [-0.1, -0.05) is 0 Å². The Morgan fingerprint density at radius 2 is 2.10 bits per heavy atom. The molecule has 0 saturated carbocycles. The lowest BCUT2D eigenvalue weighted by Crippen LogP contribution is -2.06. The Balaban J connectivity index is 2.50. The van der Waals surface area contributed by atoms with Gasteiger partial charge in [0, 0.05) is 10.5 Å². The third kappa shape index (κ3) is 3.31. The Bertz CT molecular complexity index is 738. The van der Waals surface area contributed by atoms with Crippen molar-refractivity contribution in [1.29, 1.82) is 0 Å². The minimum Gasteiger partial charge on any atom is -0.477 e. The van der Waals surface area contributed by atoms with Gasteiger partial charge in [0.15, 0.2) is 5.69 Å². The monoisotopic (exact) mass is 355 g/mol. The highest BCUT2D eigenvalue weighted by Gasteiger charge is 2.19. The van der Waals surface area contributed by atoms with Gasteiger partial charge in [0.2, 0.25) is 5.82 Å². The first-order valence-corrected chi connectivity index (χ1v) is 6.28. The maximum atomic E-state index is 13.2. The highest BCUT2D eigenvalue weighted by molar-refractivity contribution is 9.10. The molecule has 2 rings (SSSR count). The zero-order valence-corrected chi connectivity index (χ0v) is 11.8. The fourth-order valence-corrected chi connectivity index (χ4v) is 1.88. The predicted octanol–water partition coefficient (Wildman–Crippen LogP) is 3.33. The summed E-state index contributed by atoms with van der Waals surface area (Å²) < 4.78 is 13.7. The fraction of sp³-hybridized carbons (Fsp3) is 0. The molecule has 9 heteroatoms. The molecule has 1 heterocycles. The summed E-state index contributed by atoms with van der Waals surface area (Å²) in [7, 11) is 0. The molecule has 21 heavy (non-hydrogen) atoms. The summed E-state index contributed by atoms with van der Waals surface area (Å²) >= 11 is 3.15. The molecule has 0 radical (unpaired) electrons. The van der Waals surface area contributed by atoms with Crippen LogP contribution in [-0.4, -0.2) is 21.0 Å². The fourth-order valence-electron chi connectivity index (χ4n) is 1.53. The van der Waals surface area contributed by atoms with E-state index in [9.17, 15) is 19.3 Å². The summed E-state index contributed by atoms with van der Waals surface area (Å²) in [5, 5.41) is 22.4. The Kier molecular flexibility index (Phi) is 4.13. The van der Waals surface area contributed by atoms with E-state index < -0.39 is 22.4 Å². The largest absolute Gasteiger partial charge is 0.477 e. The van der Waals surface area contributed by atoms with Crippen LogP contribution in [0.1, 0.15) is 10.5 Å². The number of benzene rings is 1.